The maximum Gasteiger partial charge on any atom is 0.305 e. The molecule has 0 aromatic heterocycles. The number of hydrogen-bond acceptors (Lipinski definition) is 2. The molecule has 0 unspecified atom stereocenters. The number of hydrogen-bond donors (Lipinski definition) is 0. The van der Waals surface area contributed by atoms with Crippen LogP contribution in [0.4, 0.5) is 0 Å². The van der Waals surface area contributed by atoms with E-state index in [4.69, 9.17) is 4.74 Å². The van der Waals surface area contributed by atoms with Crippen LogP contribution in [0.3, 0.4) is 0 Å². The Bertz CT molecular complexity index is 209. The third-order valence-electron chi connectivity index (χ3n) is 2.90. The van der Waals surface area contributed by atoms with Crippen molar-refractivity contribution in [2.45, 2.75) is 78.1 Å². The molecule has 0 bridgehead atoms. The summed E-state index contributed by atoms with van der Waals surface area (Å²) in [4.78, 5) is 11.3. The molecule has 0 aromatic rings. The second-order valence-electron chi connectivity index (χ2n) is 4.79. The summed E-state index contributed by atoms with van der Waals surface area (Å²) in [5.74, 6) is -0.0321. The fourth-order valence-corrected chi connectivity index (χ4v) is 1.68. The van der Waals surface area contributed by atoms with Gasteiger partial charge in [0.1, 0.15) is 0 Å². The van der Waals surface area contributed by atoms with Crippen molar-refractivity contribution in [3.63, 3.8) is 0 Å². The van der Waals surface area contributed by atoms with Gasteiger partial charge in [0.05, 0.1) is 6.61 Å². The van der Waals surface area contributed by atoms with Crippen LogP contribution in [0.25, 0.3) is 0 Å². The highest BCUT2D eigenvalue weighted by Crippen LogP contribution is 2.05. The lowest BCUT2D eigenvalue weighted by molar-refractivity contribution is -0.143. The van der Waals surface area contributed by atoms with Crippen molar-refractivity contribution in [2.75, 3.05) is 6.61 Å². The second kappa shape index (κ2) is 14.3. The first kappa shape index (κ1) is 17.2. The van der Waals surface area contributed by atoms with Crippen LogP contribution >= 0.6 is 0 Å². The summed E-state index contributed by atoms with van der Waals surface area (Å²) in [5, 5.41) is 0. The molecule has 0 fully saturated rings. The Kier molecular flexibility index (Phi) is 13.6. The third-order valence-corrected chi connectivity index (χ3v) is 2.90. The van der Waals surface area contributed by atoms with Crippen LogP contribution in [-0.4, -0.2) is 12.6 Å². The van der Waals surface area contributed by atoms with Gasteiger partial charge in [0, 0.05) is 6.42 Å². The average Bonchev–Trinajstić information content (AvgIpc) is 2.37. The Morgan fingerprint density at radius 2 is 1.50 bits per heavy atom. The molecule has 0 aromatic carbocycles. The predicted octanol–water partition coefficient (Wildman–Crippen LogP) is 5.03. The Balaban J connectivity index is 3.21. The second-order valence-corrected chi connectivity index (χ2v) is 4.79. The molecule has 0 amide bonds. The average molecular weight is 254 g/mol. The highest BCUT2D eigenvalue weighted by atomic mass is 16.5. The lowest BCUT2D eigenvalue weighted by Gasteiger charge is -2.02. The first-order valence-corrected chi connectivity index (χ1v) is 7.61. The Morgan fingerprint density at radius 1 is 0.889 bits per heavy atom. The first-order chi connectivity index (χ1) is 8.81. The lowest BCUT2D eigenvalue weighted by Crippen LogP contribution is -2.05. The highest BCUT2D eigenvalue weighted by molar-refractivity contribution is 5.69. The van der Waals surface area contributed by atoms with E-state index in [-0.39, 0.29) is 5.97 Å². The fourth-order valence-electron chi connectivity index (χ4n) is 1.68. The normalized spacial score (nSPS) is 11.0. The maximum atomic E-state index is 11.3. The van der Waals surface area contributed by atoms with Gasteiger partial charge in [0.25, 0.3) is 0 Å². The molecular weight excluding hydrogens is 224 g/mol. The minimum absolute atomic E-state index is 0.0321. The van der Waals surface area contributed by atoms with Crippen LogP contribution in [0.1, 0.15) is 78.1 Å². The molecule has 0 spiro atoms. The summed E-state index contributed by atoms with van der Waals surface area (Å²) in [6.07, 6.45) is 15.4. The van der Waals surface area contributed by atoms with Crippen molar-refractivity contribution in [2.24, 2.45) is 0 Å². The largest absolute Gasteiger partial charge is 0.466 e. The quantitative estimate of drug-likeness (QED) is 0.277. The zero-order valence-electron chi connectivity index (χ0n) is 12.2. The van der Waals surface area contributed by atoms with E-state index in [9.17, 15) is 4.79 Å². The number of esters is 1. The van der Waals surface area contributed by atoms with Crippen molar-refractivity contribution in [1.29, 1.82) is 0 Å². The fraction of sp³-hybridized carbons (Fsp3) is 0.812. The van der Waals surface area contributed by atoms with Gasteiger partial charge in [-0.25, -0.2) is 0 Å². The van der Waals surface area contributed by atoms with Gasteiger partial charge < -0.3 is 4.74 Å². The minimum atomic E-state index is -0.0321. The molecule has 0 saturated heterocycles. The van der Waals surface area contributed by atoms with Crippen LogP contribution in [0.2, 0.25) is 0 Å². The SMILES string of the molecule is CCCCC/C=C/CCCCC(=O)OCCCC. The van der Waals surface area contributed by atoms with Crippen molar-refractivity contribution in [1.82, 2.24) is 0 Å². The molecule has 0 aliphatic rings. The molecule has 0 heterocycles. The van der Waals surface area contributed by atoms with Crippen LogP contribution in [-0.2, 0) is 9.53 Å². The van der Waals surface area contributed by atoms with Crippen molar-refractivity contribution >= 4 is 5.97 Å². The van der Waals surface area contributed by atoms with E-state index in [1.807, 2.05) is 0 Å². The zero-order chi connectivity index (χ0) is 13.5. The molecule has 2 nitrogen and oxygen atoms in total. The van der Waals surface area contributed by atoms with Gasteiger partial charge in [-0.3, -0.25) is 4.79 Å². The Labute approximate surface area is 113 Å². The monoisotopic (exact) mass is 254 g/mol. The number of ether oxygens (including phenoxy) is 1. The van der Waals surface area contributed by atoms with Crippen molar-refractivity contribution in [3.05, 3.63) is 12.2 Å². The van der Waals surface area contributed by atoms with Crippen LogP contribution < -0.4 is 0 Å². The Hall–Kier alpha value is -0.790. The summed E-state index contributed by atoms with van der Waals surface area (Å²) in [7, 11) is 0. The van der Waals surface area contributed by atoms with Crippen molar-refractivity contribution < 1.29 is 9.53 Å². The van der Waals surface area contributed by atoms with E-state index in [0.29, 0.717) is 13.0 Å². The predicted molar refractivity (Wildman–Crippen MR) is 77.6 cm³/mol. The van der Waals surface area contributed by atoms with Gasteiger partial charge in [-0.2, -0.15) is 0 Å². The van der Waals surface area contributed by atoms with Crippen LogP contribution in [0.5, 0.6) is 0 Å². The molecule has 18 heavy (non-hydrogen) atoms. The number of allylic oxidation sites excluding steroid dienone is 2. The number of rotatable bonds is 12. The summed E-state index contributed by atoms with van der Waals surface area (Å²) in [5.41, 5.74) is 0. The van der Waals surface area contributed by atoms with Crippen LogP contribution in [0.15, 0.2) is 12.2 Å². The van der Waals surface area contributed by atoms with Gasteiger partial charge >= 0.3 is 5.97 Å². The molecule has 0 atom stereocenters. The van der Waals surface area contributed by atoms with Gasteiger partial charge in [-0.15, -0.1) is 0 Å². The zero-order valence-corrected chi connectivity index (χ0v) is 12.2. The first-order valence-electron chi connectivity index (χ1n) is 7.61. The van der Waals surface area contributed by atoms with E-state index in [1.54, 1.807) is 0 Å². The number of carbonyl (C=O) groups is 1. The third kappa shape index (κ3) is 13.3. The standard InChI is InChI=1S/C16H30O2/c1-3-5-7-8-9-10-11-12-13-14-16(17)18-15-6-4-2/h9-10H,3-8,11-15H2,1-2H3/b10-9+. The van der Waals surface area contributed by atoms with E-state index in [2.05, 4.69) is 26.0 Å². The van der Waals surface area contributed by atoms with E-state index >= 15 is 0 Å². The molecule has 0 radical (unpaired) electrons. The number of unbranched alkanes of at least 4 members (excludes halogenated alkanes) is 6. The molecule has 0 rings (SSSR count). The van der Waals surface area contributed by atoms with E-state index in [0.717, 1.165) is 32.1 Å². The molecule has 0 aliphatic heterocycles. The smallest absolute Gasteiger partial charge is 0.305 e. The summed E-state index contributed by atoms with van der Waals surface area (Å²) in [6, 6.07) is 0. The topological polar surface area (TPSA) is 26.3 Å². The minimum Gasteiger partial charge on any atom is -0.466 e. The van der Waals surface area contributed by atoms with Gasteiger partial charge in [-0.1, -0.05) is 45.3 Å². The van der Waals surface area contributed by atoms with Gasteiger partial charge in [0.15, 0.2) is 0 Å². The molecule has 0 saturated carbocycles. The molecule has 2 heteroatoms. The maximum absolute atomic E-state index is 11.3. The number of carbonyl (C=O) groups excluding carboxylic acids is 1. The Morgan fingerprint density at radius 3 is 2.11 bits per heavy atom. The van der Waals surface area contributed by atoms with E-state index in [1.165, 1.54) is 25.7 Å². The summed E-state index contributed by atoms with van der Waals surface area (Å²) < 4.78 is 5.10. The summed E-state index contributed by atoms with van der Waals surface area (Å²) >= 11 is 0. The van der Waals surface area contributed by atoms with E-state index < -0.39 is 0 Å². The molecular formula is C16H30O2. The lowest BCUT2D eigenvalue weighted by atomic mass is 10.1. The van der Waals surface area contributed by atoms with Gasteiger partial charge in [-0.05, 0) is 38.5 Å². The molecule has 0 N–H and O–H groups in total. The highest BCUT2D eigenvalue weighted by Gasteiger charge is 2.00. The van der Waals surface area contributed by atoms with Gasteiger partial charge in [0.2, 0.25) is 0 Å². The van der Waals surface area contributed by atoms with Crippen LogP contribution in [0, 0.1) is 0 Å². The summed E-state index contributed by atoms with van der Waals surface area (Å²) in [6.45, 7) is 4.91. The molecule has 0 aliphatic carbocycles. The molecule has 106 valence electrons. The van der Waals surface area contributed by atoms with Crippen molar-refractivity contribution in [3.8, 4) is 0 Å².